The monoisotopic (exact) mass is 532 g/mol. The van der Waals surface area contributed by atoms with Gasteiger partial charge < -0.3 is 29.5 Å². The number of aliphatic hydroxyl groups excluding tert-OH is 1. The van der Waals surface area contributed by atoms with Gasteiger partial charge in [-0.2, -0.15) is 0 Å². The number of carbonyl (C=O) groups is 2. The van der Waals surface area contributed by atoms with Crippen molar-refractivity contribution in [2.75, 3.05) is 19.8 Å². The smallest absolute Gasteiger partial charge is 0.274 e. The van der Waals surface area contributed by atoms with E-state index in [2.05, 4.69) is 15.3 Å². The second-order valence-corrected chi connectivity index (χ2v) is 9.72. The largest absolute Gasteiger partial charge is 0.457 e. The number of β-amino-alcohol motifs (C(OH)–C–C–N with tert-alkyl or cyclic N) is 1. The number of carbonyl (C=O) groups excluding carboxylic acids is 2. The molecule has 10 nitrogen and oxygen atoms in total. The standard InChI is InChI=1S/C29H32N4O6/c34-21-17-33(29(36)25-16-30-12-13-31-25)26-11-10-24(39-27(26)19-37-18-21)14-28(35)32-15-20-6-8-23(9-7-20)38-22-4-2-1-3-5-22/h1-9,12-13,16,21,24,26-27,34H,10-11,14-15,17-19H2,(H,32,35)/t21-,24+,26-,27+/m1/s1. The SMILES string of the molecule is O=C(C[C@@H]1CC[C@@H]2[C@H](COC[C@H](O)CN2C(=O)c2cnccn2)O1)NCc1ccc(Oc2ccccc2)cc1. The van der Waals surface area contributed by atoms with Crippen molar-refractivity contribution in [2.45, 2.75) is 50.2 Å². The van der Waals surface area contributed by atoms with Crippen molar-refractivity contribution in [3.63, 3.8) is 0 Å². The van der Waals surface area contributed by atoms with Crippen LogP contribution < -0.4 is 10.1 Å². The molecule has 2 amide bonds. The highest BCUT2D eigenvalue weighted by atomic mass is 16.5. The molecule has 0 aliphatic carbocycles. The Bertz CT molecular complexity index is 1230. The molecule has 0 bridgehead atoms. The van der Waals surface area contributed by atoms with Crippen molar-refractivity contribution >= 4 is 11.8 Å². The lowest BCUT2D eigenvalue weighted by Crippen LogP contribution is -2.57. The molecule has 39 heavy (non-hydrogen) atoms. The zero-order valence-corrected chi connectivity index (χ0v) is 21.5. The first-order chi connectivity index (χ1) is 19.0. The van der Waals surface area contributed by atoms with Gasteiger partial charge in [0, 0.05) is 25.5 Å². The molecule has 0 unspecified atom stereocenters. The maximum Gasteiger partial charge on any atom is 0.274 e. The van der Waals surface area contributed by atoms with Gasteiger partial charge in [0.05, 0.1) is 44.1 Å². The van der Waals surface area contributed by atoms with Crippen LogP contribution in [0.2, 0.25) is 0 Å². The van der Waals surface area contributed by atoms with E-state index in [1.54, 1.807) is 4.90 Å². The summed E-state index contributed by atoms with van der Waals surface area (Å²) in [7, 11) is 0. The third-order valence-corrected chi connectivity index (χ3v) is 6.83. The second-order valence-electron chi connectivity index (χ2n) is 9.72. The number of aliphatic hydroxyl groups is 1. The number of rotatable bonds is 7. The average Bonchev–Trinajstić information content (AvgIpc) is 2.96. The van der Waals surface area contributed by atoms with Crippen LogP contribution in [0.5, 0.6) is 11.5 Å². The van der Waals surface area contributed by atoms with Crippen molar-refractivity contribution in [1.29, 1.82) is 0 Å². The summed E-state index contributed by atoms with van der Waals surface area (Å²) in [4.78, 5) is 35.6. The maximum absolute atomic E-state index is 13.2. The van der Waals surface area contributed by atoms with Crippen molar-refractivity contribution < 1.29 is 28.9 Å². The maximum atomic E-state index is 13.2. The van der Waals surface area contributed by atoms with Gasteiger partial charge in [0.15, 0.2) is 0 Å². The van der Waals surface area contributed by atoms with Crippen LogP contribution in [0.25, 0.3) is 0 Å². The molecule has 5 rings (SSSR count). The van der Waals surface area contributed by atoms with Crippen molar-refractivity contribution in [3.8, 4) is 11.5 Å². The number of para-hydroxylation sites is 1. The molecule has 10 heteroatoms. The van der Waals surface area contributed by atoms with Gasteiger partial charge in [-0.05, 0) is 42.7 Å². The topological polar surface area (TPSA) is 123 Å². The van der Waals surface area contributed by atoms with Gasteiger partial charge in [-0.3, -0.25) is 14.6 Å². The van der Waals surface area contributed by atoms with E-state index in [1.165, 1.54) is 18.6 Å². The molecular formula is C29H32N4O6. The van der Waals surface area contributed by atoms with E-state index in [4.69, 9.17) is 14.2 Å². The number of fused-ring (bicyclic) bond motifs is 1. The van der Waals surface area contributed by atoms with Gasteiger partial charge in [0.2, 0.25) is 5.91 Å². The molecule has 0 saturated carbocycles. The van der Waals surface area contributed by atoms with E-state index in [1.807, 2.05) is 54.6 Å². The minimum Gasteiger partial charge on any atom is -0.457 e. The van der Waals surface area contributed by atoms with E-state index in [-0.39, 0.29) is 55.8 Å². The quantitative estimate of drug-likeness (QED) is 0.476. The summed E-state index contributed by atoms with van der Waals surface area (Å²) >= 11 is 0. The van der Waals surface area contributed by atoms with E-state index in [0.29, 0.717) is 19.4 Å². The fourth-order valence-corrected chi connectivity index (χ4v) is 4.91. The molecule has 2 aliphatic heterocycles. The molecule has 4 atom stereocenters. The molecule has 0 spiro atoms. The van der Waals surface area contributed by atoms with E-state index in [9.17, 15) is 14.7 Å². The summed E-state index contributed by atoms with van der Waals surface area (Å²) in [5, 5.41) is 13.3. The van der Waals surface area contributed by atoms with Crippen molar-refractivity contribution in [3.05, 3.63) is 84.4 Å². The summed E-state index contributed by atoms with van der Waals surface area (Å²) in [6.07, 6.45) is 4.29. The molecule has 2 fully saturated rings. The molecule has 0 radical (unpaired) electrons. The highest BCUT2D eigenvalue weighted by Crippen LogP contribution is 2.28. The Labute approximate surface area is 226 Å². The molecule has 204 valence electrons. The molecular weight excluding hydrogens is 500 g/mol. The predicted molar refractivity (Wildman–Crippen MR) is 141 cm³/mol. The summed E-state index contributed by atoms with van der Waals surface area (Å²) in [6.45, 7) is 0.823. The van der Waals surface area contributed by atoms with Crippen LogP contribution in [-0.2, 0) is 20.8 Å². The Morgan fingerprint density at radius 2 is 1.82 bits per heavy atom. The van der Waals surface area contributed by atoms with Crippen molar-refractivity contribution in [1.82, 2.24) is 20.2 Å². The van der Waals surface area contributed by atoms with E-state index >= 15 is 0 Å². The minimum absolute atomic E-state index is 0.0944. The number of hydrogen-bond donors (Lipinski definition) is 2. The highest BCUT2D eigenvalue weighted by Gasteiger charge is 2.40. The summed E-state index contributed by atoms with van der Waals surface area (Å²) in [5.41, 5.74) is 1.17. The first-order valence-electron chi connectivity index (χ1n) is 13.1. The third-order valence-electron chi connectivity index (χ3n) is 6.83. The molecule has 2 saturated heterocycles. The number of benzene rings is 2. The Morgan fingerprint density at radius 1 is 1.03 bits per heavy atom. The van der Waals surface area contributed by atoms with Crippen molar-refractivity contribution in [2.24, 2.45) is 0 Å². The van der Waals surface area contributed by atoms with E-state index < -0.39 is 12.2 Å². The number of amides is 2. The number of aromatic nitrogens is 2. The Balaban J connectivity index is 1.13. The van der Waals surface area contributed by atoms with Crippen LogP contribution in [0.4, 0.5) is 0 Å². The van der Waals surface area contributed by atoms with Crippen LogP contribution in [0.3, 0.4) is 0 Å². The lowest BCUT2D eigenvalue weighted by atomic mass is 9.94. The molecule has 2 N–H and O–H groups in total. The first kappa shape index (κ1) is 26.7. The number of nitrogens with one attached hydrogen (secondary N) is 1. The normalized spacial score (nSPS) is 23.2. The fourth-order valence-electron chi connectivity index (χ4n) is 4.91. The third kappa shape index (κ3) is 7.17. The van der Waals surface area contributed by atoms with Crippen LogP contribution in [-0.4, -0.2) is 75.9 Å². The minimum atomic E-state index is -0.811. The molecule has 3 aromatic rings. The Morgan fingerprint density at radius 3 is 2.59 bits per heavy atom. The zero-order valence-electron chi connectivity index (χ0n) is 21.5. The lowest BCUT2D eigenvalue weighted by molar-refractivity contribution is -0.151. The average molecular weight is 533 g/mol. The van der Waals surface area contributed by atoms with Crippen LogP contribution >= 0.6 is 0 Å². The molecule has 2 aliphatic rings. The Hall–Kier alpha value is -3.86. The van der Waals surface area contributed by atoms with Gasteiger partial charge >= 0.3 is 0 Å². The van der Waals surface area contributed by atoms with E-state index in [0.717, 1.165) is 17.1 Å². The first-order valence-corrected chi connectivity index (χ1v) is 13.1. The summed E-state index contributed by atoms with van der Waals surface area (Å²) in [5.74, 6) is 1.07. The predicted octanol–water partition coefficient (Wildman–Crippen LogP) is 2.72. The summed E-state index contributed by atoms with van der Waals surface area (Å²) in [6, 6.07) is 16.8. The van der Waals surface area contributed by atoms with Crippen LogP contribution in [0.1, 0.15) is 35.3 Å². The van der Waals surface area contributed by atoms with Gasteiger partial charge in [0.1, 0.15) is 23.3 Å². The molecule has 3 heterocycles. The Kier molecular flexibility index (Phi) is 8.77. The second kappa shape index (κ2) is 12.8. The zero-order chi connectivity index (χ0) is 27.0. The highest BCUT2D eigenvalue weighted by molar-refractivity contribution is 5.92. The lowest BCUT2D eigenvalue weighted by Gasteiger charge is -2.44. The van der Waals surface area contributed by atoms with Gasteiger partial charge in [-0.15, -0.1) is 0 Å². The number of nitrogens with zero attached hydrogens (tertiary/aromatic N) is 3. The molecule has 1 aromatic heterocycles. The van der Waals surface area contributed by atoms with Gasteiger partial charge in [-0.25, -0.2) is 4.98 Å². The van der Waals surface area contributed by atoms with Gasteiger partial charge in [-0.1, -0.05) is 30.3 Å². The summed E-state index contributed by atoms with van der Waals surface area (Å²) < 4.78 is 17.7. The van der Waals surface area contributed by atoms with Crippen LogP contribution in [0, 0.1) is 0 Å². The van der Waals surface area contributed by atoms with Gasteiger partial charge in [0.25, 0.3) is 5.91 Å². The van der Waals surface area contributed by atoms with Crippen LogP contribution in [0.15, 0.2) is 73.2 Å². The number of ether oxygens (including phenoxy) is 3. The number of hydrogen-bond acceptors (Lipinski definition) is 8. The molecule has 2 aromatic carbocycles. The fraction of sp³-hybridized carbons (Fsp3) is 0.379.